The summed E-state index contributed by atoms with van der Waals surface area (Å²) in [5.41, 5.74) is 0.935. The molecule has 7 heteroatoms. The fraction of sp³-hybridized carbons (Fsp3) is 0.412. The topological polar surface area (TPSA) is 74.8 Å². The fourth-order valence-corrected chi connectivity index (χ4v) is 3.64. The standard InChI is InChI=1S/C17H24N2O4S/c1-6-11-19(14(3)16(20)12-17(21)18(4)5)24(22,23)15-9-7-13(2)8-10-15/h6-10,14H,1,11-12H2,2-5H3. The molecule has 1 amide bonds. The van der Waals surface area contributed by atoms with Gasteiger partial charge in [0, 0.05) is 20.6 Å². The molecule has 0 radical (unpaired) electrons. The average molecular weight is 352 g/mol. The highest BCUT2D eigenvalue weighted by molar-refractivity contribution is 7.89. The Kier molecular flexibility index (Phi) is 6.86. The zero-order valence-electron chi connectivity index (χ0n) is 14.5. The number of carbonyl (C=O) groups excluding carboxylic acids is 2. The number of nitrogens with zero attached hydrogens (tertiary/aromatic N) is 2. The first-order chi connectivity index (χ1) is 11.1. The second kappa shape index (κ2) is 8.21. The number of carbonyl (C=O) groups is 2. The van der Waals surface area contributed by atoms with Crippen LogP contribution in [-0.2, 0) is 19.6 Å². The van der Waals surface area contributed by atoms with Crippen LogP contribution < -0.4 is 0 Å². The second-order valence-electron chi connectivity index (χ2n) is 5.78. The van der Waals surface area contributed by atoms with Crippen molar-refractivity contribution < 1.29 is 18.0 Å². The summed E-state index contributed by atoms with van der Waals surface area (Å²) in [5.74, 6) is -0.815. The van der Waals surface area contributed by atoms with Crippen LogP contribution in [0.15, 0.2) is 41.8 Å². The van der Waals surface area contributed by atoms with Crippen LogP contribution in [0.4, 0.5) is 0 Å². The molecular weight excluding hydrogens is 328 g/mol. The molecule has 0 aliphatic carbocycles. The van der Waals surface area contributed by atoms with E-state index in [9.17, 15) is 18.0 Å². The fourth-order valence-electron chi connectivity index (χ4n) is 2.05. The van der Waals surface area contributed by atoms with E-state index in [-0.39, 0.29) is 23.8 Å². The molecule has 0 aliphatic heterocycles. The SMILES string of the molecule is C=CCN(C(C)C(=O)CC(=O)N(C)C)S(=O)(=O)c1ccc(C)cc1. The normalized spacial score (nSPS) is 12.7. The third-order valence-electron chi connectivity index (χ3n) is 3.66. The summed E-state index contributed by atoms with van der Waals surface area (Å²) in [4.78, 5) is 25.4. The van der Waals surface area contributed by atoms with Crippen molar-refractivity contribution in [3.63, 3.8) is 0 Å². The van der Waals surface area contributed by atoms with Crippen molar-refractivity contribution >= 4 is 21.7 Å². The van der Waals surface area contributed by atoms with Gasteiger partial charge in [0.15, 0.2) is 5.78 Å². The lowest BCUT2D eigenvalue weighted by atomic mass is 10.1. The highest BCUT2D eigenvalue weighted by Gasteiger charge is 2.32. The Morgan fingerprint density at radius 1 is 1.21 bits per heavy atom. The summed E-state index contributed by atoms with van der Waals surface area (Å²) in [6.45, 7) is 6.89. The van der Waals surface area contributed by atoms with Gasteiger partial charge in [-0.15, -0.1) is 6.58 Å². The maximum atomic E-state index is 12.8. The van der Waals surface area contributed by atoms with E-state index in [2.05, 4.69) is 6.58 Å². The number of benzene rings is 1. The van der Waals surface area contributed by atoms with Gasteiger partial charge in [0.1, 0.15) is 0 Å². The minimum absolute atomic E-state index is 0.0146. The van der Waals surface area contributed by atoms with Crippen molar-refractivity contribution in [1.29, 1.82) is 0 Å². The highest BCUT2D eigenvalue weighted by atomic mass is 32.2. The van der Waals surface area contributed by atoms with Crippen LogP contribution in [0.1, 0.15) is 18.9 Å². The van der Waals surface area contributed by atoms with E-state index in [0.29, 0.717) is 0 Å². The number of hydrogen-bond donors (Lipinski definition) is 0. The molecule has 6 nitrogen and oxygen atoms in total. The molecule has 0 aliphatic rings. The van der Waals surface area contributed by atoms with Crippen molar-refractivity contribution in [2.24, 2.45) is 0 Å². The molecule has 132 valence electrons. The molecule has 0 saturated carbocycles. The van der Waals surface area contributed by atoms with Gasteiger partial charge >= 0.3 is 0 Å². The van der Waals surface area contributed by atoms with E-state index in [1.165, 1.54) is 30.0 Å². The predicted octanol–water partition coefficient (Wildman–Crippen LogP) is 1.61. The largest absolute Gasteiger partial charge is 0.348 e. The number of rotatable bonds is 8. The van der Waals surface area contributed by atoms with Crippen molar-refractivity contribution in [2.45, 2.75) is 31.2 Å². The molecule has 0 saturated heterocycles. The number of Topliss-reactive ketones (excluding diaryl/α,β-unsaturated/α-hetero) is 1. The van der Waals surface area contributed by atoms with Crippen LogP contribution >= 0.6 is 0 Å². The quantitative estimate of drug-likeness (QED) is 0.526. The summed E-state index contributed by atoms with van der Waals surface area (Å²) < 4.78 is 26.7. The van der Waals surface area contributed by atoms with E-state index in [0.717, 1.165) is 9.87 Å². The van der Waals surface area contributed by atoms with E-state index in [1.807, 2.05) is 6.92 Å². The Morgan fingerprint density at radius 3 is 2.21 bits per heavy atom. The third kappa shape index (κ3) is 4.75. The maximum absolute atomic E-state index is 12.8. The van der Waals surface area contributed by atoms with Crippen LogP contribution in [0.3, 0.4) is 0 Å². The highest BCUT2D eigenvalue weighted by Crippen LogP contribution is 2.20. The molecule has 0 aromatic heterocycles. The second-order valence-corrected chi connectivity index (χ2v) is 7.67. The number of aryl methyl sites for hydroxylation is 1. The minimum atomic E-state index is -3.86. The van der Waals surface area contributed by atoms with E-state index in [4.69, 9.17) is 0 Å². The monoisotopic (exact) mass is 352 g/mol. The van der Waals surface area contributed by atoms with Gasteiger partial charge in [0.25, 0.3) is 0 Å². The summed E-state index contributed by atoms with van der Waals surface area (Å²) in [6, 6.07) is 5.44. The number of ketones is 1. The van der Waals surface area contributed by atoms with Crippen molar-refractivity contribution in [1.82, 2.24) is 9.21 Å². The first-order valence-corrected chi connectivity index (χ1v) is 8.97. The lowest BCUT2D eigenvalue weighted by Crippen LogP contribution is -2.44. The summed E-state index contributed by atoms with van der Waals surface area (Å²) in [5, 5.41) is 0. The van der Waals surface area contributed by atoms with Gasteiger partial charge in [-0.2, -0.15) is 4.31 Å². The molecule has 24 heavy (non-hydrogen) atoms. The molecule has 0 fully saturated rings. The van der Waals surface area contributed by atoms with E-state index in [1.54, 1.807) is 26.2 Å². The summed E-state index contributed by atoms with van der Waals surface area (Å²) >= 11 is 0. The van der Waals surface area contributed by atoms with Gasteiger partial charge in [-0.1, -0.05) is 23.8 Å². The third-order valence-corrected chi connectivity index (χ3v) is 5.61. The molecule has 1 unspecified atom stereocenters. The number of hydrogen-bond acceptors (Lipinski definition) is 4. The first kappa shape index (κ1) is 20.1. The van der Waals surface area contributed by atoms with Gasteiger partial charge in [-0.05, 0) is 26.0 Å². The Bertz CT molecular complexity index is 709. The van der Waals surface area contributed by atoms with Crippen LogP contribution in [-0.4, -0.2) is 56.0 Å². The molecule has 1 aromatic rings. The summed E-state index contributed by atoms with van der Waals surface area (Å²) in [6.07, 6.45) is 1.08. The van der Waals surface area contributed by atoms with Crippen molar-refractivity contribution in [3.05, 3.63) is 42.5 Å². The van der Waals surface area contributed by atoms with Crippen LogP contribution in [0.5, 0.6) is 0 Å². The smallest absolute Gasteiger partial charge is 0.244 e. The van der Waals surface area contributed by atoms with Gasteiger partial charge in [0.05, 0.1) is 17.4 Å². The predicted molar refractivity (Wildman–Crippen MR) is 93.0 cm³/mol. The zero-order chi connectivity index (χ0) is 18.5. The van der Waals surface area contributed by atoms with Crippen LogP contribution in [0, 0.1) is 6.92 Å². The van der Waals surface area contributed by atoms with Crippen molar-refractivity contribution in [2.75, 3.05) is 20.6 Å². The van der Waals surface area contributed by atoms with Gasteiger partial charge in [-0.25, -0.2) is 8.42 Å². The lowest BCUT2D eigenvalue weighted by Gasteiger charge is -2.26. The van der Waals surface area contributed by atoms with E-state index < -0.39 is 21.8 Å². The van der Waals surface area contributed by atoms with Gasteiger partial charge in [0.2, 0.25) is 15.9 Å². The molecule has 0 N–H and O–H groups in total. The van der Waals surface area contributed by atoms with Gasteiger partial charge < -0.3 is 4.90 Å². The zero-order valence-corrected chi connectivity index (χ0v) is 15.3. The number of amides is 1. The molecule has 0 heterocycles. The Morgan fingerprint density at radius 2 is 1.75 bits per heavy atom. The molecule has 0 bridgehead atoms. The van der Waals surface area contributed by atoms with E-state index >= 15 is 0 Å². The average Bonchev–Trinajstić information content (AvgIpc) is 2.51. The lowest BCUT2D eigenvalue weighted by molar-refractivity contribution is -0.134. The number of sulfonamides is 1. The van der Waals surface area contributed by atoms with Crippen LogP contribution in [0.25, 0.3) is 0 Å². The van der Waals surface area contributed by atoms with Crippen molar-refractivity contribution in [3.8, 4) is 0 Å². The first-order valence-electron chi connectivity index (χ1n) is 7.53. The molecule has 0 spiro atoms. The summed E-state index contributed by atoms with van der Waals surface area (Å²) in [7, 11) is -0.771. The Labute approximate surface area is 143 Å². The molecular formula is C17H24N2O4S. The molecule has 1 rings (SSSR count). The molecule has 1 aromatic carbocycles. The molecule has 1 atom stereocenters. The van der Waals surface area contributed by atoms with Crippen LogP contribution in [0.2, 0.25) is 0 Å². The Hall–Kier alpha value is -1.99. The maximum Gasteiger partial charge on any atom is 0.244 e. The Balaban J connectivity index is 3.12. The van der Waals surface area contributed by atoms with Gasteiger partial charge in [-0.3, -0.25) is 9.59 Å². The minimum Gasteiger partial charge on any atom is -0.348 e.